The highest BCUT2D eigenvalue weighted by Gasteiger charge is 2.39. The summed E-state index contributed by atoms with van der Waals surface area (Å²) in [6.45, 7) is 3.27. The van der Waals surface area contributed by atoms with Gasteiger partial charge in [0.15, 0.2) is 11.9 Å². The predicted octanol–water partition coefficient (Wildman–Crippen LogP) is 0.0619. The molecule has 82 valence electrons. The van der Waals surface area contributed by atoms with E-state index in [1.807, 2.05) is 0 Å². The summed E-state index contributed by atoms with van der Waals surface area (Å²) in [4.78, 5) is 11.2. The van der Waals surface area contributed by atoms with E-state index >= 15 is 0 Å². The van der Waals surface area contributed by atoms with Crippen molar-refractivity contribution < 1.29 is 24.1 Å². The molecule has 5 nitrogen and oxygen atoms in total. The standard InChI is InChI=1S/C9H16O5/c1-9(2)13-6(5-10)4-7(14-9)8(11)12-3/h6-7,10H,4-5H2,1-3H3/t6-,7+/m0/s1. The minimum atomic E-state index is -0.857. The Morgan fingerprint density at radius 3 is 2.71 bits per heavy atom. The third kappa shape index (κ3) is 2.67. The molecule has 0 aliphatic carbocycles. The van der Waals surface area contributed by atoms with Crippen LogP contribution in [0.4, 0.5) is 0 Å². The Morgan fingerprint density at radius 2 is 2.21 bits per heavy atom. The van der Waals surface area contributed by atoms with Crippen molar-refractivity contribution in [2.45, 2.75) is 38.3 Å². The zero-order valence-corrected chi connectivity index (χ0v) is 8.65. The molecule has 5 heteroatoms. The van der Waals surface area contributed by atoms with Crippen molar-refractivity contribution in [1.82, 2.24) is 0 Å². The highest BCUT2D eigenvalue weighted by atomic mass is 16.7. The van der Waals surface area contributed by atoms with Crippen molar-refractivity contribution in [3.05, 3.63) is 0 Å². The number of hydrogen-bond donors (Lipinski definition) is 1. The van der Waals surface area contributed by atoms with E-state index in [1.165, 1.54) is 7.11 Å². The molecule has 1 aliphatic rings. The van der Waals surface area contributed by atoms with Crippen LogP contribution >= 0.6 is 0 Å². The molecule has 0 saturated carbocycles. The van der Waals surface area contributed by atoms with Crippen molar-refractivity contribution in [3.63, 3.8) is 0 Å². The van der Waals surface area contributed by atoms with Crippen LogP contribution in [-0.2, 0) is 19.0 Å². The number of ether oxygens (including phenoxy) is 3. The summed E-state index contributed by atoms with van der Waals surface area (Å²) < 4.78 is 15.3. The zero-order valence-electron chi connectivity index (χ0n) is 8.65. The first-order valence-corrected chi connectivity index (χ1v) is 4.53. The van der Waals surface area contributed by atoms with E-state index in [1.54, 1.807) is 13.8 Å². The quantitative estimate of drug-likeness (QED) is 0.644. The first kappa shape index (κ1) is 11.4. The topological polar surface area (TPSA) is 65.0 Å². The van der Waals surface area contributed by atoms with Crippen LogP contribution in [0, 0.1) is 0 Å². The second-order valence-electron chi connectivity index (χ2n) is 3.69. The molecule has 0 spiro atoms. The average molecular weight is 204 g/mol. The Hall–Kier alpha value is -0.650. The van der Waals surface area contributed by atoms with Gasteiger partial charge in [0.05, 0.1) is 19.8 Å². The molecule has 2 atom stereocenters. The molecule has 1 heterocycles. The molecule has 0 aromatic heterocycles. The van der Waals surface area contributed by atoms with Crippen LogP contribution in [0.2, 0.25) is 0 Å². The van der Waals surface area contributed by atoms with Gasteiger partial charge in [-0.2, -0.15) is 0 Å². The van der Waals surface area contributed by atoms with Crippen LogP contribution in [0.1, 0.15) is 20.3 Å². The highest BCUT2D eigenvalue weighted by Crippen LogP contribution is 2.26. The molecule has 1 saturated heterocycles. The van der Waals surface area contributed by atoms with E-state index in [-0.39, 0.29) is 12.7 Å². The number of methoxy groups -OCH3 is 1. The highest BCUT2D eigenvalue weighted by molar-refractivity contribution is 5.74. The second-order valence-corrected chi connectivity index (χ2v) is 3.69. The summed E-state index contributed by atoms with van der Waals surface area (Å²) >= 11 is 0. The van der Waals surface area contributed by atoms with E-state index in [9.17, 15) is 4.79 Å². The molecule has 1 N–H and O–H groups in total. The van der Waals surface area contributed by atoms with E-state index in [4.69, 9.17) is 14.6 Å². The van der Waals surface area contributed by atoms with Gasteiger partial charge in [-0.3, -0.25) is 0 Å². The summed E-state index contributed by atoms with van der Waals surface area (Å²) in [6, 6.07) is 0. The van der Waals surface area contributed by atoms with Crippen molar-refractivity contribution >= 4 is 5.97 Å². The van der Waals surface area contributed by atoms with Gasteiger partial charge in [-0.25, -0.2) is 4.79 Å². The monoisotopic (exact) mass is 204 g/mol. The number of aliphatic hydroxyl groups is 1. The van der Waals surface area contributed by atoms with Crippen LogP contribution in [0.25, 0.3) is 0 Å². The van der Waals surface area contributed by atoms with Crippen molar-refractivity contribution in [1.29, 1.82) is 0 Å². The first-order chi connectivity index (χ1) is 6.48. The van der Waals surface area contributed by atoms with E-state index in [0.717, 1.165) is 0 Å². The number of rotatable bonds is 2. The summed E-state index contributed by atoms with van der Waals surface area (Å²) in [5, 5.41) is 8.96. The molecular formula is C9H16O5. The molecular weight excluding hydrogens is 188 g/mol. The maximum Gasteiger partial charge on any atom is 0.335 e. The smallest absolute Gasteiger partial charge is 0.335 e. The van der Waals surface area contributed by atoms with Gasteiger partial charge in [0, 0.05) is 6.42 Å². The maximum absolute atomic E-state index is 11.2. The van der Waals surface area contributed by atoms with E-state index in [0.29, 0.717) is 6.42 Å². The molecule has 1 fully saturated rings. The Balaban J connectivity index is 2.65. The molecule has 0 bridgehead atoms. The predicted molar refractivity (Wildman–Crippen MR) is 47.5 cm³/mol. The fourth-order valence-corrected chi connectivity index (χ4v) is 1.49. The third-order valence-electron chi connectivity index (χ3n) is 2.02. The molecule has 0 radical (unpaired) electrons. The van der Waals surface area contributed by atoms with Crippen molar-refractivity contribution in [2.24, 2.45) is 0 Å². The number of carbonyl (C=O) groups excluding carboxylic acids is 1. The second kappa shape index (κ2) is 4.25. The summed E-state index contributed by atoms with van der Waals surface area (Å²) in [7, 11) is 1.31. The van der Waals surface area contributed by atoms with E-state index < -0.39 is 17.9 Å². The van der Waals surface area contributed by atoms with Gasteiger partial charge in [0.2, 0.25) is 0 Å². The van der Waals surface area contributed by atoms with Crippen LogP contribution in [0.3, 0.4) is 0 Å². The third-order valence-corrected chi connectivity index (χ3v) is 2.02. The minimum absolute atomic E-state index is 0.125. The average Bonchev–Trinajstić information content (AvgIpc) is 2.14. The summed E-state index contributed by atoms with van der Waals surface area (Å²) in [6.07, 6.45) is -0.698. The van der Waals surface area contributed by atoms with Crippen LogP contribution in [0.15, 0.2) is 0 Å². The molecule has 0 aromatic carbocycles. The van der Waals surface area contributed by atoms with Gasteiger partial charge in [0.1, 0.15) is 0 Å². The number of esters is 1. The fourth-order valence-electron chi connectivity index (χ4n) is 1.49. The van der Waals surface area contributed by atoms with Gasteiger partial charge < -0.3 is 19.3 Å². The van der Waals surface area contributed by atoms with Gasteiger partial charge in [-0.1, -0.05) is 0 Å². The lowest BCUT2D eigenvalue weighted by Gasteiger charge is -2.38. The minimum Gasteiger partial charge on any atom is -0.467 e. The van der Waals surface area contributed by atoms with E-state index in [2.05, 4.69) is 4.74 Å². The first-order valence-electron chi connectivity index (χ1n) is 4.53. The molecule has 0 amide bonds. The summed E-state index contributed by atoms with van der Waals surface area (Å²) in [5.74, 6) is -1.29. The molecule has 1 rings (SSSR count). The number of aliphatic hydroxyl groups excluding tert-OH is 1. The molecule has 14 heavy (non-hydrogen) atoms. The Morgan fingerprint density at radius 1 is 1.57 bits per heavy atom. The Kier molecular flexibility index (Phi) is 3.47. The largest absolute Gasteiger partial charge is 0.467 e. The Bertz CT molecular complexity index is 213. The SMILES string of the molecule is COC(=O)[C@H]1C[C@@H](CO)OC(C)(C)O1. The van der Waals surface area contributed by atoms with Gasteiger partial charge in [0.25, 0.3) is 0 Å². The van der Waals surface area contributed by atoms with Gasteiger partial charge in [-0.05, 0) is 13.8 Å². The van der Waals surface area contributed by atoms with Crippen LogP contribution in [-0.4, -0.2) is 42.8 Å². The molecule has 1 aliphatic heterocycles. The lowest BCUT2D eigenvalue weighted by Crippen LogP contribution is -2.48. The lowest BCUT2D eigenvalue weighted by atomic mass is 10.1. The number of carbonyl (C=O) groups is 1. The molecule has 0 aromatic rings. The maximum atomic E-state index is 11.2. The zero-order chi connectivity index (χ0) is 10.8. The van der Waals surface area contributed by atoms with Gasteiger partial charge >= 0.3 is 5.97 Å². The summed E-state index contributed by atoms with van der Waals surface area (Å²) in [5.41, 5.74) is 0. The Labute approximate surface area is 82.9 Å². The van der Waals surface area contributed by atoms with Crippen molar-refractivity contribution in [3.8, 4) is 0 Å². The lowest BCUT2D eigenvalue weighted by molar-refractivity contribution is -0.301. The van der Waals surface area contributed by atoms with Crippen LogP contribution < -0.4 is 0 Å². The molecule has 0 unspecified atom stereocenters. The normalized spacial score (nSPS) is 31.1. The van der Waals surface area contributed by atoms with Gasteiger partial charge in [-0.15, -0.1) is 0 Å². The van der Waals surface area contributed by atoms with Crippen LogP contribution in [0.5, 0.6) is 0 Å². The number of hydrogen-bond acceptors (Lipinski definition) is 5. The fraction of sp³-hybridized carbons (Fsp3) is 0.889. The van der Waals surface area contributed by atoms with Crippen molar-refractivity contribution in [2.75, 3.05) is 13.7 Å².